The molecule has 3 atom stereocenters. The molecule has 0 heterocycles. The Kier molecular flexibility index (Phi) is 21.5. The molecule has 15 nitrogen and oxygen atoms in total. The van der Waals surface area contributed by atoms with E-state index in [-0.39, 0.29) is 51.0 Å². The second-order valence-corrected chi connectivity index (χ2v) is 20.6. The van der Waals surface area contributed by atoms with Crippen LogP contribution >= 0.6 is 25.3 Å². The fourth-order valence-corrected chi connectivity index (χ4v) is 5.10. The number of nitrogens with two attached hydrogens (primary N) is 1. The highest BCUT2D eigenvalue weighted by Gasteiger charge is 2.33. The van der Waals surface area contributed by atoms with Gasteiger partial charge in [-0.25, -0.2) is 0 Å². The molecule has 6 N–H and O–H groups in total. The molecule has 0 aliphatic carbocycles. The molecular formula is C39H73N5O10S2. The number of hydrogen-bond donors (Lipinski definition) is 7. The molecule has 4 amide bonds. The first-order valence-electron chi connectivity index (χ1n) is 19.2. The molecular weight excluding hydrogens is 763 g/mol. The quantitative estimate of drug-likeness (QED) is 0.0415. The third-order valence-corrected chi connectivity index (χ3v) is 7.96. The van der Waals surface area contributed by atoms with Gasteiger partial charge in [0.2, 0.25) is 23.6 Å². The lowest BCUT2D eigenvalue weighted by Crippen LogP contribution is -2.58. The summed E-state index contributed by atoms with van der Waals surface area (Å²) in [5, 5.41) is 11.2. The van der Waals surface area contributed by atoms with E-state index in [4.69, 9.17) is 24.7 Å². The van der Waals surface area contributed by atoms with Crippen LogP contribution in [0.5, 0.6) is 0 Å². The van der Waals surface area contributed by atoms with E-state index in [1.165, 1.54) is 0 Å². The highest BCUT2D eigenvalue weighted by molar-refractivity contribution is 7.81. The fourth-order valence-electron chi connectivity index (χ4n) is 4.91. The van der Waals surface area contributed by atoms with Gasteiger partial charge in [0.05, 0.1) is 19.3 Å². The lowest BCUT2D eigenvalue weighted by atomic mass is 9.98. The number of carbonyl (C=O) groups excluding carboxylic acids is 6. The van der Waals surface area contributed by atoms with Crippen LogP contribution in [0.4, 0.5) is 0 Å². The van der Waals surface area contributed by atoms with Crippen LogP contribution in [0.1, 0.15) is 148 Å². The summed E-state index contributed by atoms with van der Waals surface area (Å²) in [6.45, 7) is 25.4. The first kappa shape index (κ1) is 53.4. The summed E-state index contributed by atoms with van der Waals surface area (Å²) in [4.78, 5) is 77.8. The van der Waals surface area contributed by atoms with Gasteiger partial charge in [-0.15, -0.1) is 25.3 Å². The number of hydrogen-bond acceptors (Lipinski definition) is 13. The van der Waals surface area contributed by atoms with Crippen molar-refractivity contribution >= 4 is 60.8 Å². The summed E-state index contributed by atoms with van der Waals surface area (Å²) in [5.74, 6) is -3.62. The zero-order valence-electron chi connectivity index (χ0n) is 36.4. The number of amides is 4. The Morgan fingerprint density at radius 1 is 0.536 bits per heavy atom. The van der Waals surface area contributed by atoms with E-state index in [1.54, 1.807) is 69.2 Å². The van der Waals surface area contributed by atoms with Gasteiger partial charge in [0, 0.05) is 30.3 Å². The van der Waals surface area contributed by atoms with E-state index in [1.807, 2.05) is 27.7 Å². The standard InChI is InChI=1S/C39H73N5O10S2/c1-34(2,3)53-29(46)19-15-25(40)31(48)41-26(17-20-30(47)54-35(4,5)6)32(49)42-27(33(50)44-37(9,10)22-24-52-39(13,14)56)16-18-28(45)43-36(7,8)21-23-51-38(11,12)55/h25-27,55-56H,15-24,40H2,1-14H3,(H,41,48)(H,42,49)(H,43,45)(H,44,50)/t25-,26-,27-/m0/s1. The summed E-state index contributed by atoms with van der Waals surface area (Å²) in [7, 11) is 0. The molecule has 0 saturated carbocycles. The minimum absolute atomic E-state index is 0.0701. The van der Waals surface area contributed by atoms with Crippen LogP contribution in [-0.2, 0) is 47.7 Å². The third kappa shape index (κ3) is 27.9. The van der Waals surface area contributed by atoms with Crippen molar-refractivity contribution in [3.8, 4) is 0 Å². The number of rotatable bonds is 24. The van der Waals surface area contributed by atoms with Crippen molar-refractivity contribution in [2.24, 2.45) is 5.73 Å². The second kappa shape index (κ2) is 22.5. The lowest BCUT2D eigenvalue weighted by molar-refractivity contribution is -0.156. The van der Waals surface area contributed by atoms with Crippen molar-refractivity contribution in [1.82, 2.24) is 21.3 Å². The van der Waals surface area contributed by atoms with Gasteiger partial charge < -0.3 is 45.9 Å². The van der Waals surface area contributed by atoms with Gasteiger partial charge in [-0.2, -0.15) is 0 Å². The van der Waals surface area contributed by atoms with Crippen LogP contribution in [0.15, 0.2) is 0 Å². The van der Waals surface area contributed by atoms with Crippen LogP contribution in [0, 0.1) is 0 Å². The first-order chi connectivity index (χ1) is 25.1. The molecule has 56 heavy (non-hydrogen) atoms. The Morgan fingerprint density at radius 3 is 1.34 bits per heavy atom. The molecule has 326 valence electrons. The Balaban J connectivity index is 6.23. The Labute approximate surface area is 346 Å². The van der Waals surface area contributed by atoms with Crippen molar-refractivity contribution in [3.05, 3.63) is 0 Å². The zero-order valence-corrected chi connectivity index (χ0v) is 38.1. The molecule has 0 bridgehead atoms. The van der Waals surface area contributed by atoms with Crippen LogP contribution in [0.3, 0.4) is 0 Å². The minimum Gasteiger partial charge on any atom is -0.460 e. The van der Waals surface area contributed by atoms with E-state index in [0.717, 1.165) is 0 Å². The molecule has 0 saturated heterocycles. The Hall–Kier alpha value is -2.60. The predicted octanol–water partition coefficient (Wildman–Crippen LogP) is 4.24. The first-order valence-corrected chi connectivity index (χ1v) is 20.1. The molecule has 0 aliphatic heterocycles. The van der Waals surface area contributed by atoms with Gasteiger partial charge >= 0.3 is 11.9 Å². The van der Waals surface area contributed by atoms with Crippen molar-refractivity contribution in [2.45, 2.75) is 199 Å². The number of nitrogens with one attached hydrogen (secondary N) is 4. The maximum absolute atomic E-state index is 13.9. The van der Waals surface area contributed by atoms with Crippen molar-refractivity contribution < 1.29 is 47.7 Å². The third-order valence-electron chi connectivity index (χ3n) is 7.70. The molecule has 0 aromatic carbocycles. The smallest absolute Gasteiger partial charge is 0.306 e. The van der Waals surface area contributed by atoms with Crippen molar-refractivity contribution in [2.75, 3.05) is 13.2 Å². The molecule has 17 heteroatoms. The van der Waals surface area contributed by atoms with Crippen molar-refractivity contribution in [1.29, 1.82) is 0 Å². The topological polar surface area (TPSA) is 213 Å². The average Bonchev–Trinajstić information content (AvgIpc) is 2.95. The molecule has 0 unspecified atom stereocenters. The molecule has 0 aromatic heterocycles. The van der Waals surface area contributed by atoms with E-state index >= 15 is 0 Å². The number of ether oxygens (including phenoxy) is 4. The maximum Gasteiger partial charge on any atom is 0.306 e. The number of carbonyl (C=O) groups is 6. The van der Waals surface area contributed by atoms with Crippen LogP contribution in [0.25, 0.3) is 0 Å². The summed E-state index contributed by atoms with van der Waals surface area (Å²) in [6.07, 6.45) is -0.00351. The van der Waals surface area contributed by atoms with Crippen LogP contribution in [0.2, 0.25) is 0 Å². The summed E-state index contributed by atoms with van der Waals surface area (Å²) in [6, 6.07) is -3.76. The SMILES string of the molecule is CC(C)(CCOC(C)(C)S)NC(=O)CC[C@H](NC(=O)[C@H](CCC(=O)OC(C)(C)C)NC(=O)[C@@H](N)CCC(=O)OC(C)(C)C)C(=O)NC(C)(C)CCOC(C)(C)S. The van der Waals surface area contributed by atoms with Gasteiger partial charge in [-0.05, 0) is 129 Å². The molecule has 0 rings (SSSR count). The summed E-state index contributed by atoms with van der Waals surface area (Å²) in [5.41, 5.74) is 3.14. The summed E-state index contributed by atoms with van der Waals surface area (Å²) < 4.78 is 22.1. The largest absolute Gasteiger partial charge is 0.460 e. The van der Waals surface area contributed by atoms with E-state index in [2.05, 4.69) is 46.5 Å². The van der Waals surface area contributed by atoms with Crippen LogP contribution in [-0.4, -0.2) is 99.1 Å². The maximum atomic E-state index is 13.9. The molecule has 0 aliphatic rings. The Morgan fingerprint density at radius 2 is 0.911 bits per heavy atom. The fraction of sp³-hybridized carbons (Fsp3) is 0.846. The highest BCUT2D eigenvalue weighted by atomic mass is 32.1. The van der Waals surface area contributed by atoms with E-state index < -0.39 is 79.9 Å². The second-order valence-electron chi connectivity index (χ2n) is 18.4. The monoisotopic (exact) mass is 835 g/mol. The van der Waals surface area contributed by atoms with E-state index in [9.17, 15) is 28.8 Å². The number of esters is 2. The lowest BCUT2D eigenvalue weighted by Gasteiger charge is -2.31. The average molecular weight is 836 g/mol. The molecule has 0 radical (unpaired) electrons. The van der Waals surface area contributed by atoms with Crippen molar-refractivity contribution in [3.63, 3.8) is 0 Å². The van der Waals surface area contributed by atoms with Gasteiger partial charge in [0.1, 0.15) is 33.2 Å². The predicted molar refractivity (Wildman–Crippen MR) is 223 cm³/mol. The molecule has 0 spiro atoms. The highest BCUT2D eigenvalue weighted by Crippen LogP contribution is 2.19. The van der Waals surface area contributed by atoms with Gasteiger partial charge in [0.25, 0.3) is 0 Å². The van der Waals surface area contributed by atoms with Crippen LogP contribution < -0.4 is 27.0 Å². The van der Waals surface area contributed by atoms with E-state index in [0.29, 0.717) is 19.4 Å². The van der Waals surface area contributed by atoms with Gasteiger partial charge in [-0.3, -0.25) is 28.8 Å². The summed E-state index contributed by atoms with van der Waals surface area (Å²) >= 11 is 8.75. The molecule has 0 aromatic rings. The zero-order chi connectivity index (χ0) is 43.9. The van der Waals surface area contributed by atoms with Gasteiger partial charge in [0.15, 0.2) is 0 Å². The van der Waals surface area contributed by atoms with Gasteiger partial charge in [-0.1, -0.05) is 0 Å². The Bertz CT molecular complexity index is 1310. The normalized spacial score (nSPS) is 14.5. The minimum atomic E-state index is -1.33. The number of thiol groups is 2. The molecule has 0 fully saturated rings.